The van der Waals surface area contributed by atoms with Crippen LogP contribution in [0, 0.1) is 11.6 Å². The molecule has 0 saturated carbocycles. The van der Waals surface area contributed by atoms with E-state index >= 15 is 0 Å². The van der Waals surface area contributed by atoms with Crippen molar-refractivity contribution in [2.75, 3.05) is 20.6 Å². The molecule has 15 heavy (non-hydrogen) atoms. The first-order chi connectivity index (χ1) is 6.93. The van der Waals surface area contributed by atoms with Gasteiger partial charge in [-0.3, -0.25) is 0 Å². The number of hydrogen-bond donors (Lipinski definition) is 1. The van der Waals surface area contributed by atoms with Gasteiger partial charge in [0, 0.05) is 18.2 Å². The van der Waals surface area contributed by atoms with Crippen LogP contribution in [0.5, 0.6) is 0 Å². The highest BCUT2D eigenvalue weighted by Gasteiger charge is 2.19. The normalized spacial score (nSPS) is 13.3. The van der Waals surface area contributed by atoms with Crippen LogP contribution in [0.1, 0.15) is 11.6 Å². The number of hydrogen-bond acceptors (Lipinski definition) is 2. The van der Waals surface area contributed by atoms with Crippen molar-refractivity contribution in [1.29, 1.82) is 0 Å². The molecule has 2 nitrogen and oxygen atoms in total. The van der Waals surface area contributed by atoms with E-state index in [0.717, 1.165) is 0 Å². The van der Waals surface area contributed by atoms with Crippen LogP contribution in [-0.2, 0) is 0 Å². The van der Waals surface area contributed by atoms with E-state index in [4.69, 9.17) is 5.73 Å². The van der Waals surface area contributed by atoms with Gasteiger partial charge >= 0.3 is 0 Å². The number of rotatable bonds is 3. The first-order valence-electron chi connectivity index (χ1n) is 4.47. The molecule has 1 rings (SSSR count). The third kappa shape index (κ3) is 2.96. The summed E-state index contributed by atoms with van der Waals surface area (Å²) in [6.07, 6.45) is 0. The Labute approximate surface area is 96.2 Å². The Bertz CT molecular complexity index is 356. The Morgan fingerprint density at radius 2 is 2.00 bits per heavy atom. The predicted octanol–water partition coefficient (Wildman–Crippen LogP) is 2.29. The molecule has 1 aromatic carbocycles. The third-order valence-electron chi connectivity index (χ3n) is 2.01. The van der Waals surface area contributed by atoms with Crippen LogP contribution >= 0.6 is 15.9 Å². The molecule has 0 saturated heterocycles. The van der Waals surface area contributed by atoms with Crippen molar-refractivity contribution < 1.29 is 8.78 Å². The van der Waals surface area contributed by atoms with Crippen LogP contribution < -0.4 is 5.73 Å². The lowest BCUT2D eigenvalue weighted by Crippen LogP contribution is -2.27. The third-order valence-corrected chi connectivity index (χ3v) is 2.62. The molecule has 0 aromatic heterocycles. The molecule has 1 aromatic rings. The lowest BCUT2D eigenvalue weighted by Gasteiger charge is -2.18. The highest BCUT2D eigenvalue weighted by atomic mass is 79.9. The maximum absolute atomic E-state index is 13.6. The molecule has 1 unspecified atom stereocenters. The topological polar surface area (TPSA) is 29.3 Å². The van der Waals surface area contributed by atoms with E-state index < -0.39 is 17.7 Å². The van der Waals surface area contributed by atoms with Crippen LogP contribution in [0.2, 0.25) is 0 Å². The molecule has 0 bridgehead atoms. The molecular formula is C10H13BrF2N2. The first-order valence-corrected chi connectivity index (χ1v) is 5.26. The molecule has 0 fully saturated rings. The van der Waals surface area contributed by atoms with E-state index in [9.17, 15) is 8.78 Å². The van der Waals surface area contributed by atoms with Gasteiger partial charge in [0.15, 0.2) is 0 Å². The molecule has 0 amide bonds. The number of nitrogens with zero attached hydrogens (tertiary/aromatic N) is 1. The Morgan fingerprint density at radius 3 is 2.53 bits per heavy atom. The summed E-state index contributed by atoms with van der Waals surface area (Å²) in [5.41, 5.74) is 5.65. The van der Waals surface area contributed by atoms with Gasteiger partial charge in [0.2, 0.25) is 0 Å². The maximum atomic E-state index is 13.6. The highest BCUT2D eigenvalue weighted by molar-refractivity contribution is 9.10. The zero-order valence-corrected chi connectivity index (χ0v) is 10.2. The Morgan fingerprint density at radius 1 is 1.40 bits per heavy atom. The Hall–Kier alpha value is -0.520. The summed E-state index contributed by atoms with van der Waals surface area (Å²) in [4.78, 5) is 1.78. The molecule has 0 aliphatic carbocycles. The van der Waals surface area contributed by atoms with Gasteiger partial charge in [-0.05, 0) is 42.2 Å². The van der Waals surface area contributed by atoms with Gasteiger partial charge in [0.1, 0.15) is 11.6 Å². The van der Waals surface area contributed by atoms with E-state index in [-0.39, 0.29) is 10.0 Å². The quantitative estimate of drug-likeness (QED) is 0.860. The largest absolute Gasteiger partial charge is 0.323 e. The number of benzene rings is 1. The summed E-state index contributed by atoms with van der Waals surface area (Å²) in [5, 5.41) is 0. The molecule has 0 aliphatic rings. The molecule has 0 radical (unpaired) electrons. The van der Waals surface area contributed by atoms with E-state index in [1.807, 2.05) is 0 Å². The van der Waals surface area contributed by atoms with E-state index in [2.05, 4.69) is 15.9 Å². The van der Waals surface area contributed by atoms with E-state index in [0.29, 0.717) is 6.54 Å². The molecule has 0 heterocycles. The molecule has 0 spiro atoms. The van der Waals surface area contributed by atoms with E-state index in [1.54, 1.807) is 19.0 Å². The zero-order chi connectivity index (χ0) is 11.6. The van der Waals surface area contributed by atoms with E-state index in [1.165, 1.54) is 12.1 Å². The fourth-order valence-corrected chi connectivity index (χ4v) is 1.71. The van der Waals surface area contributed by atoms with Crippen molar-refractivity contribution in [3.05, 3.63) is 33.8 Å². The van der Waals surface area contributed by atoms with Crippen LogP contribution in [0.4, 0.5) is 8.78 Å². The van der Waals surface area contributed by atoms with Gasteiger partial charge in [0.05, 0.1) is 4.47 Å². The second kappa shape index (κ2) is 5.01. The molecule has 0 aliphatic heterocycles. The lowest BCUT2D eigenvalue weighted by atomic mass is 10.1. The molecule has 84 valence electrons. The molecule has 2 N–H and O–H groups in total. The predicted molar refractivity (Wildman–Crippen MR) is 59.5 cm³/mol. The maximum Gasteiger partial charge on any atom is 0.145 e. The average Bonchev–Trinajstić information content (AvgIpc) is 2.11. The van der Waals surface area contributed by atoms with Crippen LogP contribution in [0.25, 0.3) is 0 Å². The number of halogens is 3. The van der Waals surface area contributed by atoms with Crippen molar-refractivity contribution >= 4 is 15.9 Å². The summed E-state index contributed by atoms with van der Waals surface area (Å²) >= 11 is 3.00. The van der Waals surface area contributed by atoms with Crippen LogP contribution in [0.15, 0.2) is 16.6 Å². The SMILES string of the molecule is CN(C)CC(N)c1c(F)ccc(Br)c1F. The van der Waals surface area contributed by atoms with Gasteiger partial charge in [0.25, 0.3) is 0 Å². The van der Waals surface area contributed by atoms with Gasteiger partial charge in [-0.25, -0.2) is 8.78 Å². The summed E-state index contributed by atoms with van der Waals surface area (Å²) < 4.78 is 27.2. The first kappa shape index (κ1) is 12.5. The average molecular weight is 279 g/mol. The summed E-state index contributed by atoms with van der Waals surface area (Å²) in [7, 11) is 3.60. The smallest absolute Gasteiger partial charge is 0.145 e. The lowest BCUT2D eigenvalue weighted by molar-refractivity contribution is 0.365. The van der Waals surface area contributed by atoms with Crippen LogP contribution in [0.3, 0.4) is 0 Å². The van der Waals surface area contributed by atoms with Crippen molar-refractivity contribution in [2.45, 2.75) is 6.04 Å². The Balaban J connectivity index is 3.07. The summed E-state index contributed by atoms with van der Waals surface area (Å²) in [5.74, 6) is -1.23. The van der Waals surface area contributed by atoms with Crippen molar-refractivity contribution in [3.8, 4) is 0 Å². The number of nitrogens with two attached hydrogens (primary N) is 1. The molecule has 1 atom stereocenters. The van der Waals surface area contributed by atoms with Gasteiger partial charge in [-0.15, -0.1) is 0 Å². The minimum Gasteiger partial charge on any atom is -0.323 e. The minimum atomic E-state index is -0.669. The monoisotopic (exact) mass is 278 g/mol. The Kier molecular flexibility index (Phi) is 4.19. The van der Waals surface area contributed by atoms with Crippen molar-refractivity contribution in [3.63, 3.8) is 0 Å². The minimum absolute atomic E-state index is 0.0712. The van der Waals surface area contributed by atoms with Crippen LogP contribution in [-0.4, -0.2) is 25.5 Å². The molecular weight excluding hydrogens is 266 g/mol. The fourth-order valence-electron chi connectivity index (χ4n) is 1.37. The highest BCUT2D eigenvalue weighted by Crippen LogP contribution is 2.25. The standard InChI is InChI=1S/C10H13BrF2N2/c1-15(2)5-8(14)9-7(12)4-3-6(11)10(9)13/h3-4,8H,5,14H2,1-2H3. The van der Waals surface area contributed by atoms with Gasteiger partial charge in [-0.1, -0.05) is 0 Å². The summed E-state index contributed by atoms with van der Waals surface area (Å²) in [6.45, 7) is 0.393. The fraction of sp³-hybridized carbons (Fsp3) is 0.400. The van der Waals surface area contributed by atoms with Crippen molar-refractivity contribution in [2.24, 2.45) is 5.73 Å². The molecule has 5 heteroatoms. The summed E-state index contributed by atoms with van der Waals surface area (Å²) in [6, 6.07) is 1.87. The zero-order valence-electron chi connectivity index (χ0n) is 8.60. The number of likely N-dealkylation sites (N-methyl/N-ethyl adjacent to an activating group) is 1. The second-order valence-electron chi connectivity index (χ2n) is 3.63. The van der Waals surface area contributed by atoms with Gasteiger partial charge < -0.3 is 10.6 Å². The second-order valence-corrected chi connectivity index (χ2v) is 4.48. The van der Waals surface area contributed by atoms with Crippen molar-refractivity contribution in [1.82, 2.24) is 4.90 Å². The van der Waals surface area contributed by atoms with Gasteiger partial charge in [-0.2, -0.15) is 0 Å².